The number of thioether (sulfide) groups is 1. The topological polar surface area (TPSA) is 101 Å². The number of hydrogen-bond donors (Lipinski definition) is 2. The lowest BCUT2D eigenvalue weighted by Crippen LogP contribution is -2.15. The second-order valence-electron chi connectivity index (χ2n) is 6.80. The van der Waals surface area contributed by atoms with Gasteiger partial charge in [-0.1, -0.05) is 25.2 Å². The van der Waals surface area contributed by atoms with Crippen molar-refractivity contribution in [3.05, 3.63) is 32.1 Å². The molecule has 2 N–H and O–H groups in total. The Morgan fingerprint density at radius 2 is 2.19 bits per heavy atom. The summed E-state index contributed by atoms with van der Waals surface area (Å²) in [7, 11) is 0. The van der Waals surface area contributed by atoms with E-state index in [1.807, 2.05) is 6.07 Å². The Bertz CT molecular complexity index is 1030. The van der Waals surface area contributed by atoms with Gasteiger partial charge in [0.1, 0.15) is 15.7 Å². The maximum absolute atomic E-state index is 12.2. The van der Waals surface area contributed by atoms with Crippen molar-refractivity contribution in [2.24, 2.45) is 0 Å². The van der Waals surface area contributed by atoms with Crippen molar-refractivity contribution in [3.8, 4) is 0 Å². The number of aromatic amines is 1. The van der Waals surface area contributed by atoms with Crippen LogP contribution in [-0.4, -0.2) is 31.8 Å². The van der Waals surface area contributed by atoms with E-state index in [0.29, 0.717) is 33.9 Å². The van der Waals surface area contributed by atoms with Crippen molar-refractivity contribution in [1.82, 2.24) is 20.2 Å². The Balaban J connectivity index is 1.33. The number of hydrogen-bond acceptors (Lipinski definition) is 8. The maximum atomic E-state index is 12.2. The molecule has 10 heteroatoms. The van der Waals surface area contributed by atoms with Crippen LogP contribution in [0.3, 0.4) is 0 Å². The predicted molar refractivity (Wildman–Crippen MR) is 111 cm³/mol. The Morgan fingerprint density at radius 3 is 2.93 bits per heavy atom. The van der Waals surface area contributed by atoms with Gasteiger partial charge in [0.05, 0.1) is 16.9 Å². The summed E-state index contributed by atoms with van der Waals surface area (Å²) < 4.78 is 0. The highest BCUT2D eigenvalue weighted by molar-refractivity contribution is 7.99. The number of aromatic nitrogens is 4. The Hall–Kier alpha value is -1.78. The van der Waals surface area contributed by atoms with Gasteiger partial charge in [0, 0.05) is 10.8 Å². The summed E-state index contributed by atoms with van der Waals surface area (Å²) in [6.45, 7) is 4.19. The number of carbonyl (C=O) groups is 1. The molecule has 4 rings (SSSR count). The van der Waals surface area contributed by atoms with Gasteiger partial charge in [-0.25, -0.2) is 4.98 Å². The highest BCUT2D eigenvalue weighted by Gasteiger charge is 2.27. The largest absolute Gasteiger partial charge is 0.309 e. The fourth-order valence-electron chi connectivity index (χ4n) is 2.52. The second kappa shape index (κ2) is 7.69. The summed E-state index contributed by atoms with van der Waals surface area (Å²) >= 11 is 4.41. The molecule has 0 spiro atoms. The quantitative estimate of drug-likeness (QED) is 0.603. The molecule has 0 aromatic carbocycles. The van der Waals surface area contributed by atoms with Gasteiger partial charge in [-0.2, -0.15) is 0 Å². The molecule has 0 saturated heterocycles. The fourth-order valence-corrected chi connectivity index (χ4v) is 5.20. The third kappa shape index (κ3) is 4.39. The molecule has 0 radical (unpaired) electrons. The van der Waals surface area contributed by atoms with E-state index in [-0.39, 0.29) is 17.2 Å². The first-order valence-electron chi connectivity index (χ1n) is 8.73. The van der Waals surface area contributed by atoms with E-state index in [1.165, 1.54) is 23.1 Å². The molecule has 0 bridgehead atoms. The molecule has 1 aliphatic rings. The van der Waals surface area contributed by atoms with E-state index in [2.05, 4.69) is 39.3 Å². The molecule has 1 amide bonds. The van der Waals surface area contributed by atoms with Crippen LogP contribution in [0.15, 0.2) is 10.9 Å². The molecule has 27 heavy (non-hydrogen) atoms. The molecule has 7 nitrogen and oxygen atoms in total. The molecule has 3 aromatic rings. The minimum atomic E-state index is -0.125. The number of H-pyrrole nitrogens is 1. The van der Waals surface area contributed by atoms with Crippen LogP contribution in [0.5, 0.6) is 0 Å². The number of rotatable bonds is 7. The molecule has 142 valence electrons. The number of nitrogens with zero attached hydrogens (tertiary/aromatic N) is 3. The zero-order chi connectivity index (χ0) is 19.0. The van der Waals surface area contributed by atoms with Crippen LogP contribution in [0, 0.1) is 0 Å². The Kier molecular flexibility index (Phi) is 5.29. The molecule has 0 aliphatic heterocycles. The summed E-state index contributed by atoms with van der Waals surface area (Å²) in [4.78, 5) is 33.6. The van der Waals surface area contributed by atoms with E-state index < -0.39 is 0 Å². The van der Waals surface area contributed by atoms with Gasteiger partial charge in [-0.05, 0) is 24.8 Å². The third-order valence-corrected chi connectivity index (χ3v) is 7.40. The molecule has 1 aliphatic carbocycles. The molecule has 1 saturated carbocycles. The number of nitrogens with one attached hydrogen (secondary N) is 2. The van der Waals surface area contributed by atoms with Gasteiger partial charge in [-0.15, -0.1) is 33.3 Å². The van der Waals surface area contributed by atoms with Crippen molar-refractivity contribution < 1.29 is 4.79 Å². The van der Waals surface area contributed by atoms with Crippen LogP contribution in [0.2, 0.25) is 0 Å². The van der Waals surface area contributed by atoms with Gasteiger partial charge in [0.15, 0.2) is 0 Å². The molecule has 1 fully saturated rings. The number of carbonyl (C=O) groups excluding carboxylic acids is 1. The van der Waals surface area contributed by atoms with E-state index in [1.54, 1.807) is 11.3 Å². The molecule has 3 heterocycles. The molecule has 0 atom stereocenters. The maximum Gasteiger partial charge on any atom is 0.259 e. The van der Waals surface area contributed by atoms with Crippen LogP contribution in [0.4, 0.5) is 5.13 Å². The average molecular weight is 422 g/mol. The lowest BCUT2D eigenvalue weighted by atomic mass is 10.2. The smallest absolute Gasteiger partial charge is 0.259 e. The molecular weight excluding hydrogens is 402 g/mol. The van der Waals surface area contributed by atoms with Crippen LogP contribution in [0.1, 0.15) is 54.2 Å². The van der Waals surface area contributed by atoms with E-state index in [9.17, 15) is 9.59 Å². The summed E-state index contributed by atoms with van der Waals surface area (Å²) in [5, 5.41) is 13.1. The van der Waals surface area contributed by atoms with Gasteiger partial charge < -0.3 is 4.98 Å². The summed E-state index contributed by atoms with van der Waals surface area (Å²) in [6.07, 6.45) is 2.33. The van der Waals surface area contributed by atoms with Crippen LogP contribution >= 0.6 is 34.4 Å². The minimum absolute atomic E-state index is 0.121. The minimum Gasteiger partial charge on any atom is -0.309 e. The standard InChI is InChI=1S/C17H19N5O2S3/c1-8(2)11-5-10-14(24)18-12(19-16(10)26-11)6-25-7-13(23)20-17-22-21-15(27-17)9-3-4-9/h5,8-9H,3-4,6-7H2,1-2H3,(H,18,19,24)(H,20,22,23). The van der Waals surface area contributed by atoms with Gasteiger partial charge in [-0.3, -0.25) is 14.9 Å². The zero-order valence-electron chi connectivity index (χ0n) is 14.9. The highest BCUT2D eigenvalue weighted by Crippen LogP contribution is 2.42. The Labute approximate surface area is 168 Å². The molecular formula is C17H19N5O2S3. The SMILES string of the molecule is CC(C)c1cc2c(=O)[nH]c(CSCC(=O)Nc3nnc(C4CC4)s3)nc2s1. The normalized spacial score (nSPS) is 14.2. The summed E-state index contributed by atoms with van der Waals surface area (Å²) in [6, 6.07) is 1.92. The van der Waals surface area contributed by atoms with Gasteiger partial charge >= 0.3 is 0 Å². The van der Waals surface area contributed by atoms with Crippen molar-refractivity contribution in [1.29, 1.82) is 0 Å². The first-order chi connectivity index (χ1) is 13.0. The summed E-state index contributed by atoms with van der Waals surface area (Å²) in [5.74, 6) is 2.10. The zero-order valence-corrected chi connectivity index (χ0v) is 17.4. The number of thiophene rings is 1. The van der Waals surface area contributed by atoms with Gasteiger partial charge in [0.25, 0.3) is 5.56 Å². The Morgan fingerprint density at radius 1 is 1.37 bits per heavy atom. The van der Waals surface area contributed by atoms with Crippen molar-refractivity contribution >= 4 is 55.7 Å². The fraction of sp³-hybridized carbons (Fsp3) is 0.471. The molecule has 3 aromatic heterocycles. The average Bonchev–Trinajstić information content (AvgIpc) is 3.19. The number of fused-ring (bicyclic) bond motifs is 1. The van der Waals surface area contributed by atoms with Crippen molar-refractivity contribution in [2.75, 3.05) is 11.1 Å². The number of amides is 1. The monoisotopic (exact) mass is 421 g/mol. The molecule has 0 unspecified atom stereocenters. The van der Waals surface area contributed by atoms with E-state index in [0.717, 1.165) is 27.6 Å². The summed E-state index contributed by atoms with van der Waals surface area (Å²) in [5.41, 5.74) is -0.121. The second-order valence-corrected chi connectivity index (χ2v) is 9.85. The van der Waals surface area contributed by atoms with Crippen molar-refractivity contribution in [3.63, 3.8) is 0 Å². The van der Waals surface area contributed by atoms with Crippen LogP contribution in [0.25, 0.3) is 10.2 Å². The van der Waals surface area contributed by atoms with Crippen LogP contribution in [-0.2, 0) is 10.5 Å². The van der Waals surface area contributed by atoms with Crippen molar-refractivity contribution in [2.45, 2.75) is 44.3 Å². The van der Waals surface area contributed by atoms with Gasteiger partial charge in [0.2, 0.25) is 11.0 Å². The van der Waals surface area contributed by atoms with E-state index in [4.69, 9.17) is 0 Å². The highest BCUT2D eigenvalue weighted by atomic mass is 32.2. The first kappa shape index (κ1) is 18.6. The first-order valence-corrected chi connectivity index (χ1v) is 11.5. The lowest BCUT2D eigenvalue weighted by molar-refractivity contribution is -0.113. The predicted octanol–water partition coefficient (Wildman–Crippen LogP) is 3.71. The number of anilines is 1. The third-order valence-electron chi connectivity index (χ3n) is 4.13. The lowest BCUT2D eigenvalue weighted by Gasteiger charge is -2.02. The van der Waals surface area contributed by atoms with Crippen LogP contribution < -0.4 is 10.9 Å². The van der Waals surface area contributed by atoms with E-state index >= 15 is 0 Å².